The number of carbonyl (C=O) groups is 2. The average molecular weight is 558 g/mol. The van der Waals surface area contributed by atoms with Gasteiger partial charge in [-0.15, -0.1) is 0 Å². The number of nitrogens with one attached hydrogen (secondary N) is 5. The summed E-state index contributed by atoms with van der Waals surface area (Å²) in [6, 6.07) is 9.72. The van der Waals surface area contributed by atoms with E-state index in [-0.39, 0.29) is 27.4 Å². The first-order valence-corrected chi connectivity index (χ1v) is 14.7. The Bertz CT molecular complexity index is 1330. The fraction of sp³-hybridized carbons (Fsp3) is 0.517. The third kappa shape index (κ3) is 7.73. The van der Waals surface area contributed by atoms with Crippen LogP contribution >= 0.6 is 0 Å². The van der Waals surface area contributed by atoms with Gasteiger partial charge in [0.25, 0.3) is 10.0 Å². The van der Waals surface area contributed by atoms with Crippen molar-refractivity contribution in [3.8, 4) is 0 Å². The van der Waals surface area contributed by atoms with Crippen LogP contribution in [0, 0.1) is 13.8 Å². The third-order valence-electron chi connectivity index (χ3n) is 6.85. The zero-order valence-corrected chi connectivity index (χ0v) is 25.3. The first-order valence-electron chi connectivity index (χ1n) is 13.2. The van der Waals surface area contributed by atoms with Gasteiger partial charge in [-0.25, -0.2) is 8.42 Å². The predicted octanol–water partition coefficient (Wildman–Crippen LogP) is 4.27. The van der Waals surface area contributed by atoms with Crippen LogP contribution in [0.5, 0.6) is 0 Å². The lowest BCUT2D eigenvalue weighted by molar-refractivity contribution is -0.139. The molecule has 1 fully saturated rings. The fourth-order valence-electron chi connectivity index (χ4n) is 5.97. The molecule has 0 bridgehead atoms. The van der Waals surface area contributed by atoms with Crippen LogP contribution in [-0.4, -0.2) is 37.4 Å². The highest BCUT2D eigenvalue weighted by Crippen LogP contribution is 2.33. The van der Waals surface area contributed by atoms with Crippen LogP contribution in [-0.2, 0) is 25.0 Å². The summed E-state index contributed by atoms with van der Waals surface area (Å²) < 4.78 is 29.0. The monoisotopic (exact) mass is 557 g/mol. The van der Waals surface area contributed by atoms with Crippen molar-refractivity contribution in [2.45, 2.75) is 103 Å². The molecule has 2 amide bonds. The quantitative estimate of drug-likeness (QED) is 0.267. The van der Waals surface area contributed by atoms with E-state index in [1.807, 2.05) is 19.9 Å². The van der Waals surface area contributed by atoms with E-state index in [0.29, 0.717) is 24.2 Å². The highest BCUT2D eigenvalue weighted by molar-refractivity contribution is 7.92. The molecule has 5 N–H and O–H groups in total. The van der Waals surface area contributed by atoms with E-state index < -0.39 is 21.8 Å². The zero-order valence-electron chi connectivity index (χ0n) is 24.5. The lowest BCUT2D eigenvalue weighted by atomic mass is 9.79. The first-order chi connectivity index (χ1) is 17.8. The normalized spacial score (nSPS) is 17.3. The largest absolute Gasteiger partial charge is 0.345 e. The Morgan fingerprint density at radius 3 is 1.95 bits per heavy atom. The summed E-state index contributed by atoms with van der Waals surface area (Å²) in [5.41, 5.74) is 8.24. The lowest BCUT2D eigenvalue weighted by Gasteiger charge is -2.46. The highest BCUT2D eigenvalue weighted by Gasteiger charge is 2.38. The highest BCUT2D eigenvalue weighted by atomic mass is 32.2. The molecule has 2 aromatic carbocycles. The molecular formula is C29H43N5O4S. The van der Waals surface area contributed by atoms with E-state index in [1.54, 1.807) is 30.3 Å². The van der Waals surface area contributed by atoms with Gasteiger partial charge >= 0.3 is 11.8 Å². The molecule has 1 aliphatic rings. The summed E-state index contributed by atoms with van der Waals surface area (Å²) in [6.07, 6.45) is 1.42. The second-order valence-electron chi connectivity index (χ2n) is 12.9. The Morgan fingerprint density at radius 2 is 1.41 bits per heavy atom. The second kappa shape index (κ2) is 10.8. The summed E-state index contributed by atoms with van der Waals surface area (Å²) in [5, 5.41) is 6.37. The summed E-state index contributed by atoms with van der Waals surface area (Å²) in [6.45, 7) is 18.3. The van der Waals surface area contributed by atoms with Crippen LogP contribution in [0.15, 0.2) is 41.3 Å². The van der Waals surface area contributed by atoms with Gasteiger partial charge in [0.15, 0.2) is 0 Å². The molecule has 214 valence electrons. The number of rotatable bonds is 6. The minimum atomic E-state index is -3.82. The average Bonchev–Trinajstić information content (AvgIpc) is 2.74. The maximum absolute atomic E-state index is 13.2. The molecule has 1 saturated heterocycles. The standard InChI is InChI=1S/C29H43N5O4S/c1-18-10-15-23(19(2)24(18)27(3,4)5)39(37,38)33-21-13-11-20(12-14-21)31-32-26(36)25(35)30-22-16-28(6,7)34-29(8,9)17-22/h10-15,22,31,33-34H,16-17H2,1-9H3,(H,30,35)(H,32,36). The Labute approximate surface area is 232 Å². The van der Waals surface area contributed by atoms with Crippen molar-refractivity contribution in [3.63, 3.8) is 0 Å². The molecule has 39 heavy (non-hydrogen) atoms. The molecule has 2 aromatic rings. The Kier molecular flexibility index (Phi) is 8.43. The summed E-state index contributed by atoms with van der Waals surface area (Å²) >= 11 is 0. The number of hydrogen-bond acceptors (Lipinski definition) is 6. The number of anilines is 2. The van der Waals surface area contributed by atoms with Gasteiger partial charge in [0.05, 0.1) is 10.6 Å². The number of carbonyl (C=O) groups excluding carboxylic acids is 2. The van der Waals surface area contributed by atoms with Crippen molar-refractivity contribution in [2.24, 2.45) is 0 Å². The fourth-order valence-corrected chi connectivity index (χ4v) is 7.27. The number of piperidine rings is 1. The maximum atomic E-state index is 13.2. The first kappa shape index (κ1) is 30.4. The third-order valence-corrected chi connectivity index (χ3v) is 8.38. The summed E-state index contributed by atoms with van der Waals surface area (Å²) in [5.74, 6) is -1.52. The van der Waals surface area contributed by atoms with E-state index in [1.165, 1.54) is 0 Å². The molecule has 0 spiro atoms. The molecule has 10 heteroatoms. The number of sulfonamides is 1. The van der Waals surface area contributed by atoms with Crippen molar-refractivity contribution in [2.75, 3.05) is 10.1 Å². The Morgan fingerprint density at radius 1 is 0.872 bits per heavy atom. The molecule has 3 rings (SSSR count). The molecule has 1 heterocycles. The van der Waals surface area contributed by atoms with Crippen LogP contribution in [0.3, 0.4) is 0 Å². The van der Waals surface area contributed by atoms with Gasteiger partial charge in [-0.05, 0) is 107 Å². The number of amides is 2. The van der Waals surface area contributed by atoms with Gasteiger partial charge in [0.2, 0.25) is 0 Å². The molecular weight excluding hydrogens is 514 g/mol. The predicted molar refractivity (Wildman–Crippen MR) is 156 cm³/mol. The van der Waals surface area contributed by atoms with Gasteiger partial charge in [-0.3, -0.25) is 25.2 Å². The number of hydrogen-bond donors (Lipinski definition) is 5. The number of aryl methyl sites for hydroxylation is 1. The van der Waals surface area contributed by atoms with E-state index in [0.717, 1.165) is 16.7 Å². The smallest absolute Gasteiger partial charge is 0.327 e. The van der Waals surface area contributed by atoms with E-state index in [9.17, 15) is 18.0 Å². The van der Waals surface area contributed by atoms with Gasteiger partial charge in [0.1, 0.15) is 0 Å². The van der Waals surface area contributed by atoms with Crippen LogP contribution in [0.25, 0.3) is 0 Å². The minimum Gasteiger partial charge on any atom is -0.345 e. The van der Waals surface area contributed by atoms with Gasteiger partial charge in [-0.1, -0.05) is 26.8 Å². The van der Waals surface area contributed by atoms with Crippen LogP contribution in [0.2, 0.25) is 0 Å². The lowest BCUT2D eigenvalue weighted by Crippen LogP contribution is -2.63. The maximum Gasteiger partial charge on any atom is 0.327 e. The van der Waals surface area contributed by atoms with Gasteiger partial charge in [-0.2, -0.15) is 0 Å². The number of benzene rings is 2. The van der Waals surface area contributed by atoms with Crippen LogP contribution in [0.1, 0.15) is 78.0 Å². The molecule has 9 nitrogen and oxygen atoms in total. The van der Waals surface area contributed by atoms with Crippen molar-refractivity contribution < 1.29 is 18.0 Å². The molecule has 0 saturated carbocycles. The molecule has 0 atom stereocenters. The van der Waals surface area contributed by atoms with Crippen molar-refractivity contribution in [1.29, 1.82) is 0 Å². The number of hydrazine groups is 1. The second-order valence-corrected chi connectivity index (χ2v) is 14.5. The molecule has 0 radical (unpaired) electrons. The summed E-state index contributed by atoms with van der Waals surface area (Å²) in [7, 11) is -3.82. The van der Waals surface area contributed by atoms with E-state index in [2.05, 4.69) is 74.7 Å². The Hall–Kier alpha value is -3.11. The van der Waals surface area contributed by atoms with Gasteiger partial charge in [0, 0.05) is 22.8 Å². The van der Waals surface area contributed by atoms with Gasteiger partial charge < -0.3 is 10.6 Å². The van der Waals surface area contributed by atoms with E-state index >= 15 is 0 Å². The van der Waals surface area contributed by atoms with Crippen LogP contribution < -0.4 is 26.2 Å². The topological polar surface area (TPSA) is 128 Å². The van der Waals surface area contributed by atoms with Crippen LogP contribution in [0.4, 0.5) is 11.4 Å². The van der Waals surface area contributed by atoms with Crippen molar-refractivity contribution in [3.05, 3.63) is 53.1 Å². The van der Waals surface area contributed by atoms with E-state index in [4.69, 9.17) is 0 Å². The SMILES string of the molecule is Cc1ccc(S(=O)(=O)Nc2ccc(NNC(=O)C(=O)NC3CC(C)(C)NC(C)(C)C3)cc2)c(C)c1C(C)(C)C. The van der Waals surface area contributed by atoms with Crippen molar-refractivity contribution in [1.82, 2.24) is 16.1 Å². The summed E-state index contributed by atoms with van der Waals surface area (Å²) in [4.78, 5) is 25.1. The zero-order chi connectivity index (χ0) is 29.4. The molecule has 0 aromatic heterocycles. The molecule has 0 unspecified atom stereocenters. The molecule has 0 aliphatic carbocycles. The Balaban J connectivity index is 1.61. The minimum absolute atomic E-state index is 0.126. The molecule has 1 aliphatic heterocycles. The van der Waals surface area contributed by atoms with Crippen molar-refractivity contribution >= 4 is 33.2 Å².